The number of nitrogens with one attached hydrogen (secondary N) is 1. The summed E-state index contributed by atoms with van der Waals surface area (Å²) in [7, 11) is 0. The van der Waals surface area contributed by atoms with Crippen molar-refractivity contribution in [2.24, 2.45) is 5.92 Å². The molecule has 0 unspecified atom stereocenters. The van der Waals surface area contributed by atoms with E-state index in [9.17, 15) is 4.79 Å². The van der Waals surface area contributed by atoms with Crippen molar-refractivity contribution >= 4 is 5.97 Å². The molecule has 1 heterocycles. The summed E-state index contributed by atoms with van der Waals surface area (Å²) in [5.74, 6) is -1.46. The fourth-order valence-electron chi connectivity index (χ4n) is 1.13. The van der Waals surface area contributed by atoms with Crippen LogP contribution in [0.25, 0.3) is 0 Å². The molecule has 2 atom stereocenters. The van der Waals surface area contributed by atoms with Crippen LogP contribution in [-0.2, 0) is 4.79 Å². The SMILES string of the molecule is O=C(O)[C@@H]1CCNC[C@H]1O. The summed E-state index contributed by atoms with van der Waals surface area (Å²) >= 11 is 0. The number of hydrogen-bond donors (Lipinski definition) is 3. The molecule has 1 fully saturated rings. The Morgan fingerprint density at radius 1 is 1.60 bits per heavy atom. The highest BCUT2D eigenvalue weighted by Gasteiger charge is 2.28. The summed E-state index contributed by atoms with van der Waals surface area (Å²) in [5, 5.41) is 20.5. The second kappa shape index (κ2) is 2.98. The average Bonchev–Trinajstić information content (AvgIpc) is 1.88. The lowest BCUT2D eigenvalue weighted by Gasteiger charge is -2.24. The van der Waals surface area contributed by atoms with Crippen molar-refractivity contribution in [1.82, 2.24) is 5.32 Å². The van der Waals surface area contributed by atoms with E-state index in [2.05, 4.69) is 5.32 Å². The second-order valence-corrected chi connectivity index (χ2v) is 2.50. The number of aliphatic carboxylic acids is 1. The number of carbonyl (C=O) groups is 1. The van der Waals surface area contributed by atoms with Gasteiger partial charge >= 0.3 is 5.97 Å². The van der Waals surface area contributed by atoms with Gasteiger partial charge in [0.2, 0.25) is 0 Å². The zero-order valence-corrected chi connectivity index (χ0v) is 5.58. The normalized spacial score (nSPS) is 33.7. The van der Waals surface area contributed by atoms with Gasteiger partial charge in [-0.3, -0.25) is 4.79 Å². The van der Waals surface area contributed by atoms with E-state index in [1.54, 1.807) is 0 Å². The highest BCUT2D eigenvalue weighted by molar-refractivity contribution is 5.70. The highest BCUT2D eigenvalue weighted by atomic mass is 16.4. The number of aliphatic hydroxyl groups is 1. The molecule has 0 bridgehead atoms. The van der Waals surface area contributed by atoms with Crippen LogP contribution in [0.15, 0.2) is 0 Å². The number of piperidine rings is 1. The largest absolute Gasteiger partial charge is 0.481 e. The van der Waals surface area contributed by atoms with Crippen molar-refractivity contribution < 1.29 is 15.0 Å². The molecule has 3 N–H and O–H groups in total. The van der Waals surface area contributed by atoms with E-state index in [1.165, 1.54) is 0 Å². The minimum Gasteiger partial charge on any atom is -0.481 e. The molecule has 1 rings (SSSR count). The van der Waals surface area contributed by atoms with Crippen molar-refractivity contribution in [3.05, 3.63) is 0 Å². The number of carboxylic acids is 1. The van der Waals surface area contributed by atoms with Gasteiger partial charge in [0.25, 0.3) is 0 Å². The third kappa shape index (κ3) is 1.46. The fraction of sp³-hybridized carbons (Fsp3) is 0.833. The maximum absolute atomic E-state index is 10.4. The predicted octanol–water partition coefficient (Wildman–Crippen LogP) is -0.959. The molecule has 0 aliphatic carbocycles. The first kappa shape index (κ1) is 7.50. The molecule has 1 saturated heterocycles. The zero-order valence-electron chi connectivity index (χ0n) is 5.58. The standard InChI is InChI=1S/C6H11NO3/c8-5-3-7-2-1-4(5)6(9)10/h4-5,7-8H,1-3H2,(H,9,10)/t4-,5-/m1/s1. The summed E-state index contributed by atoms with van der Waals surface area (Å²) in [4.78, 5) is 10.4. The Morgan fingerprint density at radius 3 is 2.70 bits per heavy atom. The predicted molar refractivity (Wildman–Crippen MR) is 34.6 cm³/mol. The van der Waals surface area contributed by atoms with Crippen LogP contribution in [0.3, 0.4) is 0 Å². The lowest BCUT2D eigenvalue weighted by molar-refractivity contribution is -0.146. The number of β-amino-alcohol motifs (C(OH)–C–C–N with tert-alkyl or cyclic N) is 1. The smallest absolute Gasteiger partial charge is 0.309 e. The van der Waals surface area contributed by atoms with Crippen LogP contribution >= 0.6 is 0 Å². The molecule has 0 amide bonds. The van der Waals surface area contributed by atoms with Crippen LogP contribution in [0.2, 0.25) is 0 Å². The van der Waals surface area contributed by atoms with E-state index in [0.717, 1.165) is 0 Å². The van der Waals surface area contributed by atoms with Crippen LogP contribution in [0.4, 0.5) is 0 Å². The molecule has 1 aliphatic rings. The molecule has 0 saturated carbocycles. The number of rotatable bonds is 1. The first-order valence-corrected chi connectivity index (χ1v) is 3.33. The summed E-state index contributed by atoms with van der Waals surface area (Å²) in [6, 6.07) is 0. The molecular weight excluding hydrogens is 134 g/mol. The van der Waals surface area contributed by atoms with Gasteiger partial charge in [-0.1, -0.05) is 0 Å². The number of hydrogen-bond acceptors (Lipinski definition) is 3. The molecule has 0 aromatic carbocycles. The van der Waals surface area contributed by atoms with Crippen molar-refractivity contribution in [2.75, 3.05) is 13.1 Å². The van der Waals surface area contributed by atoms with E-state index < -0.39 is 18.0 Å². The Kier molecular flexibility index (Phi) is 2.24. The minimum atomic E-state index is -0.894. The molecule has 10 heavy (non-hydrogen) atoms. The lowest BCUT2D eigenvalue weighted by atomic mass is 9.96. The molecule has 0 aromatic heterocycles. The van der Waals surface area contributed by atoms with E-state index in [-0.39, 0.29) is 0 Å². The Morgan fingerprint density at radius 2 is 2.30 bits per heavy atom. The lowest BCUT2D eigenvalue weighted by Crippen LogP contribution is -2.43. The topological polar surface area (TPSA) is 69.6 Å². The van der Waals surface area contributed by atoms with Crippen LogP contribution < -0.4 is 5.32 Å². The van der Waals surface area contributed by atoms with Gasteiger partial charge in [0.05, 0.1) is 12.0 Å². The molecular formula is C6H11NO3. The van der Waals surface area contributed by atoms with Gasteiger partial charge in [-0.25, -0.2) is 0 Å². The second-order valence-electron chi connectivity index (χ2n) is 2.50. The molecule has 4 heteroatoms. The maximum Gasteiger partial charge on any atom is 0.309 e. The first-order valence-electron chi connectivity index (χ1n) is 3.33. The van der Waals surface area contributed by atoms with Crippen LogP contribution in [0.1, 0.15) is 6.42 Å². The third-order valence-corrected chi connectivity index (χ3v) is 1.77. The number of aliphatic hydroxyl groups excluding tert-OH is 1. The van der Waals surface area contributed by atoms with Crippen molar-refractivity contribution in [3.8, 4) is 0 Å². The van der Waals surface area contributed by atoms with Crippen molar-refractivity contribution in [2.45, 2.75) is 12.5 Å². The first-order chi connectivity index (χ1) is 4.72. The van der Waals surface area contributed by atoms with Crippen molar-refractivity contribution in [3.63, 3.8) is 0 Å². The van der Waals surface area contributed by atoms with Gasteiger partial charge in [0.15, 0.2) is 0 Å². The minimum absolute atomic E-state index is 0.400. The van der Waals surface area contributed by atoms with Gasteiger partial charge in [-0.05, 0) is 13.0 Å². The summed E-state index contributed by atoms with van der Waals surface area (Å²) in [6.45, 7) is 1.09. The molecule has 0 spiro atoms. The molecule has 4 nitrogen and oxygen atoms in total. The van der Waals surface area contributed by atoms with E-state index in [1.807, 2.05) is 0 Å². The Labute approximate surface area is 58.9 Å². The molecule has 1 aliphatic heterocycles. The van der Waals surface area contributed by atoms with Gasteiger partial charge in [0.1, 0.15) is 0 Å². The van der Waals surface area contributed by atoms with Gasteiger partial charge in [0, 0.05) is 6.54 Å². The van der Waals surface area contributed by atoms with Gasteiger partial charge in [-0.2, -0.15) is 0 Å². The molecule has 58 valence electrons. The average molecular weight is 145 g/mol. The summed E-state index contributed by atoms with van der Waals surface area (Å²) in [5.41, 5.74) is 0. The van der Waals surface area contributed by atoms with Crippen LogP contribution in [-0.4, -0.2) is 35.4 Å². The van der Waals surface area contributed by atoms with Crippen molar-refractivity contribution in [1.29, 1.82) is 0 Å². The van der Waals surface area contributed by atoms with E-state index in [4.69, 9.17) is 10.2 Å². The summed E-state index contributed by atoms with van der Waals surface area (Å²) in [6.07, 6.45) is -0.192. The fourth-order valence-corrected chi connectivity index (χ4v) is 1.13. The zero-order chi connectivity index (χ0) is 7.56. The highest BCUT2D eigenvalue weighted by Crippen LogP contribution is 2.11. The quantitative estimate of drug-likeness (QED) is 0.444. The number of carboxylic acid groups (broad SMARTS) is 1. The van der Waals surface area contributed by atoms with Gasteiger partial charge < -0.3 is 15.5 Å². The summed E-state index contributed by atoms with van der Waals surface area (Å²) < 4.78 is 0. The van der Waals surface area contributed by atoms with Gasteiger partial charge in [-0.15, -0.1) is 0 Å². The van der Waals surface area contributed by atoms with E-state index >= 15 is 0 Å². The monoisotopic (exact) mass is 145 g/mol. The van der Waals surface area contributed by atoms with Crippen LogP contribution in [0, 0.1) is 5.92 Å². The van der Waals surface area contributed by atoms with Crippen LogP contribution in [0.5, 0.6) is 0 Å². The third-order valence-electron chi connectivity index (χ3n) is 1.77. The molecule has 0 aromatic rings. The molecule has 0 radical (unpaired) electrons. The maximum atomic E-state index is 10.4. The van der Waals surface area contributed by atoms with E-state index in [0.29, 0.717) is 19.5 Å². The Balaban J connectivity index is 2.47. The Hall–Kier alpha value is -0.610. The Bertz CT molecular complexity index is 137.